The molecule has 104 valence electrons. The molecular formula is C14H27N3O. The second kappa shape index (κ2) is 6.02. The lowest BCUT2D eigenvalue weighted by Crippen LogP contribution is -2.40. The first-order valence-corrected chi connectivity index (χ1v) is 7.33. The summed E-state index contributed by atoms with van der Waals surface area (Å²) in [6, 6.07) is 1.33. The molecule has 1 aliphatic carbocycles. The number of carbonyl (C=O) groups is 1. The first-order valence-electron chi connectivity index (χ1n) is 7.33. The maximum Gasteiger partial charge on any atom is 0.239 e. The number of hydrogen-bond donors (Lipinski definition) is 1. The standard InChI is InChI=1S/C14H27N3O/c1-11(2)16(3)8-4-9-17-10-7-13(14(17)18)15-12-5-6-12/h11-13,15H,4-10H2,1-3H3. The van der Waals surface area contributed by atoms with Crippen LogP contribution in [0.1, 0.15) is 39.5 Å². The van der Waals surface area contributed by atoms with Crippen molar-refractivity contribution >= 4 is 5.91 Å². The van der Waals surface area contributed by atoms with E-state index in [1.807, 2.05) is 4.90 Å². The van der Waals surface area contributed by atoms with Crippen molar-refractivity contribution in [2.45, 2.75) is 57.7 Å². The number of likely N-dealkylation sites (tertiary alicyclic amines) is 1. The first-order chi connectivity index (χ1) is 8.58. The minimum atomic E-state index is 0.111. The maximum absolute atomic E-state index is 12.1. The Morgan fingerprint density at radius 3 is 2.72 bits per heavy atom. The second-order valence-electron chi connectivity index (χ2n) is 6.04. The molecule has 1 atom stereocenters. The van der Waals surface area contributed by atoms with Gasteiger partial charge in [-0.2, -0.15) is 0 Å². The quantitative estimate of drug-likeness (QED) is 0.737. The van der Waals surface area contributed by atoms with Crippen LogP contribution in [0.3, 0.4) is 0 Å². The van der Waals surface area contributed by atoms with Gasteiger partial charge in [-0.1, -0.05) is 0 Å². The zero-order valence-electron chi connectivity index (χ0n) is 12.0. The molecule has 1 N–H and O–H groups in total. The molecule has 4 nitrogen and oxygen atoms in total. The fourth-order valence-corrected chi connectivity index (χ4v) is 2.42. The normalized spacial score (nSPS) is 24.6. The van der Waals surface area contributed by atoms with Gasteiger partial charge in [-0.05, 0) is 53.1 Å². The molecule has 0 aromatic carbocycles. The summed E-state index contributed by atoms with van der Waals surface area (Å²) < 4.78 is 0. The molecular weight excluding hydrogens is 226 g/mol. The van der Waals surface area contributed by atoms with E-state index in [0.717, 1.165) is 32.5 Å². The lowest BCUT2D eigenvalue weighted by molar-refractivity contribution is -0.129. The SMILES string of the molecule is CC(C)N(C)CCCN1CCC(NC2CC2)C1=O. The van der Waals surface area contributed by atoms with Crippen molar-refractivity contribution in [2.75, 3.05) is 26.7 Å². The van der Waals surface area contributed by atoms with Gasteiger partial charge >= 0.3 is 0 Å². The molecule has 0 spiro atoms. The average molecular weight is 253 g/mol. The van der Waals surface area contributed by atoms with Crippen LogP contribution in [0.15, 0.2) is 0 Å². The van der Waals surface area contributed by atoms with Crippen molar-refractivity contribution in [3.8, 4) is 0 Å². The highest BCUT2D eigenvalue weighted by atomic mass is 16.2. The van der Waals surface area contributed by atoms with E-state index >= 15 is 0 Å². The first kappa shape index (κ1) is 13.8. The summed E-state index contributed by atoms with van der Waals surface area (Å²) in [5, 5.41) is 3.45. The van der Waals surface area contributed by atoms with Crippen molar-refractivity contribution in [1.29, 1.82) is 0 Å². The van der Waals surface area contributed by atoms with E-state index in [0.29, 0.717) is 18.0 Å². The van der Waals surface area contributed by atoms with E-state index in [2.05, 4.69) is 31.1 Å². The number of nitrogens with zero attached hydrogens (tertiary/aromatic N) is 2. The highest BCUT2D eigenvalue weighted by molar-refractivity contribution is 5.84. The summed E-state index contributed by atoms with van der Waals surface area (Å²) in [7, 11) is 2.15. The molecule has 1 amide bonds. The highest BCUT2D eigenvalue weighted by Gasteiger charge is 2.35. The van der Waals surface area contributed by atoms with Gasteiger partial charge in [0.1, 0.15) is 0 Å². The molecule has 1 heterocycles. The molecule has 0 aromatic heterocycles. The number of carbonyl (C=O) groups excluding carboxylic acids is 1. The lowest BCUT2D eigenvalue weighted by Gasteiger charge is -2.23. The monoisotopic (exact) mass is 253 g/mol. The summed E-state index contributed by atoms with van der Waals surface area (Å²) in [6.45, 7) is 7.34. The molecule has 2 aliphatic rings. The topological polar surface area (TPSA) is 35.6 Å². The molecule has 1 aliphatic heterocycles. The molecule has 4 heteroatoms. The molecule has 18 heavy (non-hydrogen) atoms. The van der Waals surface area contributed by atoms with Gasteiger partial charge in [-0.3, -0.25) is 4.79 Å². The summed E-state index contributed by atoms with van der Waals surface area (Å²) >= 11 is 0. The van der Waals surface area contributed by atoms with Gasteiger partial charge in [-0.15, -0.1) is 0 Å². The van der Waals surface area contributed by atoms with Crippen LogP contribution < -0.4 is 5.32 Å². The van der Waals surface area contributed by atoms with Crippen LogP contribution in [0.4, 0.5) is 0 Å². The maximum atomic E-state index is 12.1. The zero-order chi connectivity index (χ0) is 13.1. The Balaban J connectivity index is 1.65. The van der Waals surface area contributed by atoms with Crippen LogP contribution in [0, 0.1) is 0 Å². The Kier molecular flexibility index (Phi) is 4.62. The van der Waals surface area contributed by atoms with Crippen molar-refractivity contribution in [3.63, 3.8) is 0 Å². The predicted molar refractivity (Wildman–Crippen MR) is 73.5 cm³/mol. The summed E-state index contributed by atoms with van der Waals surface area (Å²) in [4.78, 5) is 16.5. The van der Waals surface area contributed by atoms with E-state index in [1.54, 1.807) is 0 Å². The predicted octanol–water partition coefficient (Wildman–Crippen LogP) is 1.07. The van der Waals surface area contributed by atoms with Crippen LogP contribution in [-0.2, 0) is 4.79 Å². The van der Waals surface area contributed by atoms with E-state index in [4.69, 9.17) is 0 Å². The Labute approximate surface area is 111 Å². The van der Waals surface area contributed by atoms with Gasteiger partial charge in [0.05, 0.1) is 6.04 Å². The van der Waals surface area contributed by atoms with Crippen LogP contribution in [0.2, 0.25) is 0 Å². The summed E-state index contributed by atoms with van der Waals surface area (Å²) in [5.41, 5.74) is 0. The van der Waals surface area contributed by atoms with Gasteiger partial charge < -0.3 is 15.1 Å². The second-order valence-corrected chi connectivity index (χ2v) is 6.04. The number of hydrogen-bond acceptors (Lipinski definition) is 3. The van der Waals surface area contributed by atoms with Gasteiger partial charge in [0.15, 0.2) is 0 Å². The van der Waals surface area contributed by atoms with Crippen LogP contribution in [0.5, 0.6) is 0 Å². The van der Waals surface area contributed by atoms with Crippen molar-refractivity contribution in [2.24, 2.45) is 0 Å². The van der Waals surface area contributed by atoms with E-state index in [9.17, 15) is 4.79 Å². The van der Waals surface area contributed by atoms with Crippen LogP contribution >= 0.6 is 0 Å². The number of rotatable bonds is 7. The Morgan fingerprint density at radius 1 is 1.39 bits per heavy atom. The Morgan fingerprint density at radius 2 is 2.11 bits per heavy atom. The van der Waals surface area contributed by atoms with Gasteiger partial charge in [-0.25, -0.2) is 0 Å². The van der Waals surface area contributed by atoms with Crippen LogP contribution in [-0.4, -0.2) is 60.5 Å². The molecule has 1 saturated carbocycles. The fourth-order valence-electron chi connectivity index (χ4n) is 2.42. The Bertz CT molecular complexity index is 289. The molecule has 0 bridgehead atoms. The van der Waals surface area contributed by atoms with Gasteiger partial charge in [0.25, 0.3) is 0 Å². The van der Waals surface area contributed by atoms with E-state index in [-0.39, 0.29) is 6.04 Å². The highest BCUT2D eigenvalue weighted by Crippen LogP contribution is 2.22. The zero-order valence-corrected chi connectivity index (χ0v) is 12.0. The fraction of sp³-hybridized carbons (Fsp3) is 0.929. The lowest BCUT2D eigenvalue weighted by atomic mass is 10.2. The van der Waals surface area contributed by atoms with Crippen molar-refractivity contribution in [3.05, 3.63) is 0 Å². The molecule has 2 fully saturated rings. The smallest absolute Gasteiger partial charge is 0.239 e. The van der Waals surface area contributed by atoms with Crippen molar-refractivity contribution < 1.29 is 4.79 Å². The third kappa shape index (κ3) is 3.69. The van der Waals surface area contributed by atoms with Gasteiger partial charge in [0.2, 0.25) is 5.91 Å². The largest absolute Gasteiger partial charge is 0.341 e. The molecule has 0 aromatic rings. The number of amides is 1. The van der Waals surface area contributed by atoms with E-state index < -0.39 is 0 Å². The van der Waals surface area contributed by atoms with Gasteiger partial charge in [0, 0.05) is 25.2 Å². The minimum absolute atomic E-state index is 0.111. The third-order valence-electron chi connectivity index (χ3n) is 4.13. The summed E-state index contributed by atoms with van der Waals surface area (Å²) in [5.74, 6) is 0.328. The number of nitrogens with one attached hydrogen (secondary N) is 1. The minimum Gasteiger partial charge on any atom is -0.341 e. The molecule has 1 unspecified atom stereocenters. The molecule has 0 radical (unpaired) electrons. The average Bonchev–Trinajstić information content (AvgIpc) is 3.08. The third-order valence-corrected chi connectivity index (χ3v) is 4.13. The summed E-state index contributed by atoms with van der Waals surface area (Å²) in [6.07, 6.45) is 4.58. The molecule has 2 rings (SSSR count). The van der Waals surface area contributed by atoms with E-state index in [1.165, 1.54) is 12.8 Å². The van der Waals surface area contributed by atoms with Crippen LogP contribution in [0.25, 0.3) is 0 Å². The van der Waals surface area contributed by atoms with Crippen molar-refractivity contribution in [1.82, 2.24) is 15.1 Å². The molecule has 1 saturated heterocycles. The Hall–Kier alpha value is -0.610.